The molecule has 3 N–H and O–H groups in total. The normalized spacial score (nSPS) is 10.7. The van der Waals surface area contributed by atoms with Crippen LogP contribution < -0.4 is 16.4 Å². The van der Waals surface area contributed by atoms with Crippen molar-refractivity contribution in [1.82, 2.24) is 20.4 Å². The molecule has 0 radical (unpaired) electrons. The highest BCUT2D eigenvalue weighted by molar-refractivity contribution is 9.11. The Balaban J connectivity index is 1.63. The van der Waals surface area contributed by atoms with E-state index in [9.17, 15) is 14.4 Å². The highest BCUT2D eigenvalue weighted by Crippen LogP contribution is 2.21. The Bertz CT molecular complexity index is 1100. The molecule has 0 fully saturated rings. The smallest absolute Gasteiger partial charge is 0.279 e. The van der Waals surface area contributed by atoms with E-state index in [2.05, 4.69) is 31.8 Å². The van der Waals surface area contributed by atoms with Gasteiger partial charge in [-0.1, -0.05) is 12.1 Å². The van der Waals surface area contributed by atoms with Gasteiger partial charge in [0.05, 0.1) is 19.6 Å². The van der Waals surface area contributed by atoms with E-state index >= 15 is 0 Å². The molecule has 0 aliphatic heterocycles. The van der Waals surface area contributed by atoms with Gasteiger partial charge in [-0.25, -0.2) is 0 Å². The minimum Gasteiger partial charge on any atom is -0.332 e. The molecule has 0 bridgehead atoms. The molecule has 0 saturated heterocycles. The third-order valence-corrected chi connectivity index (χ3v) is 5.51. The number of hydrogen-bond acceptors (Lipinski definition) is 5. The molecule has 0 atom stereocenters. The number of hydrazine groups is 1. The number of amides is 2. The van der Waals surface area contributed by atoms with Crippen molar-refractivity contribution < 1.29 is 9.59 Å². The Labute approximate surface area is 165 Å². The van der Waals surface area contributed by atoms with E-state index in [0.717, 1.165) is 3.79 Å². The fourth-order valence-electron chi connectivity index (χ4n) is 2.30. The molecule has 7 nitrogen and oxygen atoms in total. The second-order valence-electron chi connectivity index (χ2n) is 5.29. The fraction of sp³-hybridized carbons (Fsp3) is 0.125. The summed E-state index contributed by atoms with van der Waals surface area (Å²) in [5.74, 6) is -0.836. The molecule has 0 saturated carbocycles. The van der Waals surface area contributed by atoms with Crippen LogP contribution in [0.5, 0.6) is 0 Å². The number of halogens is 1. The van der Waals surface area contributed by atoms with Crippen LogP contribution in [0.4, 0.5) is 0 Å². The van der Waals surface area contributed by atoms with Gasteiger partial charge in [0.2, 0.25) is 5.91 Å². The van der Waals surface area contributed by atoms with Crippen LogP contribution in [0.15, 0.2) is 45.0 Å². The maximum atomic E-state index is 12.5. The van der Waals surface area contributed by atoms with Crippen LogP contribution in [0.2, 0.25) is 0 Å². The lowest BCUT2D eigenvalue weighted by Crippen LogP contribution is -2.42. The van der Waals surface area contributed by atoms with Crippen molar-refractivity contribution in [2.45, 2.75) is 13.0 Å². The summed E-state index contributed by atoms with van der Waals surface area (Å²) in [6.45, 7) is 0.102. The number of para-hydroxylation sites is 1. The number of rotatable bonds is 4. The molecule has 0 aliphatic carbocycles. The van der Waals surface area contributed by atoms with E-state index in [1.165, 1.54) is 15.9 Å². The molecule has 0 aliphatic rings. The first-order valence-electron chi connectivity index (χ1n) is 7.52. The first-order valence-corrected chi connectivity index (χ1v) is 9.54. The molecule has 3 rings (SSSR count). The van der Waals surface area contributed by atoms with Crippen LogP contribution >= 0.6 is 39.5 Å². The summed E-state index contributed by atoms with van der Waals surface area (Å²) in [4.78, 5) is 39.8. The zero-order valence-corrected chi connectivity index (χ0v) is 16.5. The molecule has 0 unspecified atom stereocenters. The Hall–Kier alpha value is -2.30. The van der Waals surface area contributed by atoms with E-state index in [1.807, 2.05) is 0 Å². The van der Waals surface area contributed by atoms with Crippen molar-refractivity contribution >= 4 is 62.2 Å². The number of nitrogens with zero attached hydrogens (tertiary/aromatic N) is 1. The predicted octanol–water partition coefficient (Wildman–Crippen LogP) is 2.73. The minimum absolute atomic E-state index is 0.00978. The molecule has 134 valence electrons. The molecular weight excluding hydrogens is 440 g/mol. The van der Waals surface area contributed by atoms with Crippen LogP contribution in [0, 0.1) is 4.77 Å². The van der Waals surface area contributed by atoms with Crippen molar-refractivity contribution in [2.75, 3.05) is 0 Å². The van der Waals surface area contributed by atoms with E-state index in [4.69, 9.17) is 12.2 Å². The number of H-pyrrole nitrogens is 1. The lowest BCUT2D eigenvalue weighted by molar-refractivity contribution is -0.122. The molecule has 0 spiro atoms. The topological polar surface area (TPSA) is 96.0 Å². The second kappa shape index (κ2) is 7.94. The summed E-state index contributed by atoms with van der Waals surface area (Å²) in [5.41, 5.74) is 5.06. The third kappa shape index (κ3) is 4.09. The number of hydrogen-bond donors (Lipinski definition) is 3. The van der Waals surface area contributed by atoms with Crippen LogP contribution in [-0.4, -0.2) is 21.4 Å². The molecule has 3 aromatic rings. The Morgan fingerprint density at radius 1 is 1.19 bits per heavy atom. The summed E-state index contributed by atoms with van der Waals surface area (Å²) in [6, 6.07) is 10.4. The first kappa shape index (κ1) is 18.5. The molecule has 1 aromatic carbocycles. The van der Waals surface area contributed by atoms with Crippen molar-refractivity contribution in [1.29, 1.82) is 0 Å². The maximum absolute atomic E-state index is 12.5. The number of aromatic nitrogens is 2. The number of benzene rings is 1. The quantitative estimate of drug-likeness (QED) is 0.418. The summed E-state index contributed by atoms with van der Waals surface area (Å²) in [7, 11) is 0. The van der Waals surface area contributed by atoms with E-state index in [-0.39, 0.29) is 23.3 Å². The van der Waals surface area contributed by atoms with Gasteiger partial charge in [0.15, 0.2) is 4.77 Å². The molecular formula is C16H13BrN4O3S2. The average Bonchev–Trinajstić information content (AvgIpc) is 3.06. The minimum atomic E-state index is -0.427. The maximum Gasteiger partial charge on any atom is 0.279 e. The molecule has 10 heteroatoms. The monoisotopic (exact) mass is 452 g/mol. The number of carbonyl (C=O) groups is 2. The number of thiophene rings is 1. The Morgan fingerprint density at radius 2 is 1.96 bits per heavy atom. The van der Waals surface area contributed by atoms with Crippen molar-refractivity contribution in [3.05, 3.63) is 60.2 Å². The van der Waals surface area contributed by atoms with Crippen LogP contribution in [0.25, 0.3) is 10.9 Å². The van der Waals surface area contributed by atoms with Gasteiger partial charge in [0.1, 0.15) is 0 Å². The summed E-state index contributed by atoms with van der Waals surface area (Å²) in [6.07, 6.45) is -0.00978. The summed E-state index contributed by atoms with van der Waals surface area (Å²) in [5, 5.41) is 0.498. The van der Waals surface area contributed by atoms with E-state index < -0.39 is 11.8 Å². The molecule has 2 aromatic heterocycles. The highest BCUT2D eigenvalue weighted by Gasteiger charge is 2.11. The van der Waals surface area contributed by atoms with Gasteiger partial charge in [-0.15, -0.1) is 11.3 Å². The second-order valence-corrected chi connectivity index (χ2v) is 8.14. The molecule has 2 heterocycles. The van der Waals surface area contributed by atoms with Gasteiger partial charge in [-0.05, 0) is 52.4 Å². The van der Waals surface area contributed by atoms with Gasteiger partial charge in [0.25, 0.3) is 11.5 Å². The van der Waals surface area contributed by atoms with Gasteiger partial charge in [-0.2, -0.15) is 0 Å². The van der Waals surface area contributed by atoms with Gasteiger partial charge in [0, 0.05) is 13.0 Å². The number of nitrogens with one attached hydrogen (secondary N) is 3. The van der Waals surface area contributed by atoms with Crippen molar-refractivity contribution in [2.24, 2.45) is 0 Å². The largest absolute Gasteiger partial charge is 0.332 e. The van der Waals surface area contributed by atoms with E-state index in [0.29, 0.717) is 15.8 Å². The van der Waals surface area contributed by atoms with Crippen LogP contribution in [0.3, 0.4) is 0 Å². The summed E-state index contributed by atoms with van der Waals surface area (Å²) < 4.78 is 2.39. The lowest BCUT2D eigenvalue weighted by atomic mass is 10.2. The number of fused-ring (bicyclic) bond motifs is 1. The first-order chi connectivity index (χ1) is 12.5. The number of carbonyl (C=O) groups excluding carboxylic acids is 2. The van der Waals surface area contributed by atoms with Crippen LogP contribution in [0.1, 0.15) is 16.1 Å². The van der Waals surface area contributed by atoms with Gasteiger partial charge in [-0.3, -0.25) is 29.8 Å². The Morgan fingerprint density at radius 3 is 2.69 bits per heavy atom. The van der Waals surface area contributed by atoms with Gasteiger partial charge < -0.3 is 4.98 Å². The zero-order chi connectivity index (χ0) is 18.7. The van der Waals surface area contributed by atoms with Crippen LogP contribution in [-0.2, 0) is 11.3 Å². The van der Waals surface area contributed by atoms with Crippen molar-refractivity contribution in [3.8, 4) is 0 Å². The Kier molecular flexibility index (Phi) is 5.64. The predicted molar refractivity (Wildman–Crippen MR) is 106 cm³/mol. The zero-order valence-electron chi connectivity index (χ0n) is 13.2. The van der Waals surface area contributed by atoms with Crippen molar-refractivity contribution in [3.63, 3.8) is 0 Å². The lowest BCUT2D eigenvalue weighted by Gasteiger charge is -2.09. The highest BCUT2D eigenvalue weighted by atomic mass is 79.9. The molecule has 26 heavy (non-hydrogen) atoms. The van der Waals surface area contributed by atoms with Gasteiger partial charge >= 0.3 is 0 Å². The SMILES string of the molecule is O=C(CCn1c(=S)[nH]c2ccccc2c1=O)NNC(=O)c1ccc(Br)s1. The third-order valence-electron chi connectivity index (χ3n) is 3.56. The summed E-state index contributed by atoms with van der Waals surface area (Å²) >= 11 is 9.71. The average molecular weight is 453 g/mol. The standard InChI is InChI=1S/C16H13BrN4O3S2/c17-12-6-5-11(26-12)14(23)20-19-13(22)7-8-21-15(24)9-3-1-2-4-10(9)18-16(21)25/h1-6H,7-8H2,(H,18,25)(H,19,22)(H,20,23). The van der Waals surface area contributed by atoms with E-state index in [1.54, 1.807) is 36.4 Å². The fourth-order valence-corrected chi connectivity index (χ4v) is 3.87. The molecule has 2 amide bonds. The number of aromatic amines is 1.